The molecule has 0 N–H and O–H groups in total. The Bertz CT molecular complexity index is 897. The second kappa shape index (κ2) is 8.70. The summed E-state index contributed by atoms with van der Waals surface area (Å²) in [5, 5.41) is 10.9. The van der Waals surface area contributed by atoms with Crippen molar-refractivity contribution >= 4 is 29.1 Å². The van der Waals surface area contributed by atoms with E-state index in [0.717, 1.165) is 0 Å². The first kappa shape index (κ1) is 19.0. The van der Waals surface area contributed by atoms with Gasteiger partial charge < -0.3 is 9.47 Å². The van der Waals surface area contributed by atoms with Crippen LogP contribution in [-0.4, -0.2) is 24.4 Å². The number of halogens is 1. The van der Waals surface area contributed by atoms with Gasteiger partial charge in [0, 0.05) is 17.7 Å². The second-order valence-corrected chi connectivity index (χ2v) is 5.44. The van der Waals surface area contributed by atoms with E-state index >= 15 is 0 Å². The Labute approximate surface area is 155 Å². The quantitative estimate of drug-likeness (QED) is 0.240. The summed E-state index contributed by atoms with van der Waals surface area (Å²) < 4.78 is 10.6. The monoisotopic (exact) mass is 371 g/mol. The molecule has 0 radical (unpaired) electrons. The molecular weight excluding hydrogens is 358 g/mol. The number of ether oxygens (including phenoxy) is 2. The molecule has 0 aliphatic carbocycles. The van der Waals surface area contributed by atoms with Crippen LogP contribution in [0.2, 0.25) is 5.02 Å². The van der Waals surface area contributed by atoms with Crippen LogP contribution in [0, 0.1) is 22.5 Å². The Morgan fingerprint density at radius 1 is 1.35 bits per heavy atom. The molecule has 0 aliphatic rings. The van der Waals surface area contributed by atoms with Gasteiger partial charge >= 0.3 is 0 Å². The van der Waals surface area contributed by atoms with Crippen LogP contribution in [0.3, 0.4) is 0 Å². The molecule has 0 fully saturated rings. The topological polar surface area (TPSA) is 78.7 Å². The average Bonchev–Trinajstić information content (AvgIpc) is 2.64. The molecule has 7 heteroatoms. The average molecular weight is 372 g/mol. The number of ketones is 1. The molecule has 26 heavy (non-hydrogen) atoms. The summed E-state index contributed by atoms with van der Waals surface area (Å²) in [7, 11) is 1.46. The summed E-state index contributed by atoms with van der Waals surface area (Å²) in [6.07, 6.45) is 8.07. The number of terminal acetylenes is 1. The maximum Gasteiger partial charge on any atom is 0.269 e. The summed E-state index contributed by atoms with van der Waals surface area (Å²) in [4.78, 5) is 22.3. The minimum absolute atomic E-state index is 0.0455. The first-order valence-electron chi connectivity index (χ1n) is 7.37. The molecule has 0 amide bonds. The zero-order valence-electron chi connectivity index (χ0n) is 13.8. The van der Waals surface area contributed by atoms with Crippen molar-refractivity contribution in [2.45, 2.75) is 0 Å². The van der Waals surface area contributed by atoms with Gasteiger partial charge in [0.25, 0.3) is 5.69 Å². The van der Waals surface area contributed by atoms with Gasteiger partial charge in [-0.15, -0.1) is 6.42 Å². The number of nitro groups is 1. The Morgan fingerprint density at radius 2 is 2.04 bits per heavy atom. The van der Waals surface area contributed by atoms with E-state index in [1.165, 1.54) is 37.5 Å². The molecule has 0 saturated heterocycles. The van der Waals surface area contributed by atoms with E-state index in [1.807, 2.05) is 0 Å². The smallest absolute Gasteiger partial charge is 0.269 e. The zero-order valence-corrected chi connectivity index (χ0v) is 14.5. The van der Waals surface area contributed by atoms with Crippen LogP contribution in [0.1, 0.15) is 15.9 Å². The SMILES string of the molecule is C#CCOc1c(Cl)cc(/C=C/C(=O)c2ccc([N+](=O)[O-])cc2)cc1OC. The van der Waals surface area contributed by atoms with Crippen LogP contribution in [0.15, 0.2) is 42.5 Å². The molecule has 2 aromatic rings. The number of hydrogen-bond acceptors (Lipinski definition) is 5. The van der Waals surface area contributed by atoms with Gasteiger partial charge in [0.2, 0.25) is 0 Å². The molecule has 0 unspecified atom stereocenters. The van der Waals surface area contributed by atoms with Crippen molar-refractivity contribution in [2.24, 2.45) is 0 Å². The van der Waals surface area contributed by atoms with E-state index in [4.69, 9.17) is 27.5 Å². The van der Waals surface area contributed by atoms with Gasteiger partial charge in [-0.05, 0) is 35.9 Å². The number of allylic oxidation sites excluding steroid dienone is 1. The van der Waals surface area contributed by atoms with Crippen molar-refractivity contribution in [2.75, 3.05) is 13.7 Å². The molecule has 0 spiro atoms. The summed E-state index contributed by atoms with van der Waals surface area (Å²) in [5.41, 5.74) is 0.874. The Hall–Kier alpha value is -3.30. The van der Waals surface area contributed by atoms with Gasteiger partial charge in [-0.2, -0.15) is 0 Å². The molecule has 0 bridgehead atoms. The number of carbonyl (C=O) groups excluding carboxylic acids is 1. The molecule has 0 aliphatic heterocycles. The minimum Gasteiger partial charge on any atom is -0.493 e. The third-order valence-electron chi connectivity index (χ3n) is 3.34. The van der Waals surface area contributed by atoms with Crippen LogP contribution in [0.4, 0.5) is 5.69 Å². The number of nitrogens with zero attached hydrogens (tertiary/aromatic N) is 1. The lowest BCUT2D eigenvalue weighted by molar-refractivity contribution is -0.384. The third-order valence-corrected chi connectivity index (χ3v) is 3.62. The van der Waals surface area contributed by atoms with Crippen molar-refractivity contribution in [3.63, 3.8) is 0 Å². The van der Waals surface area contributed by atoms with Gasteiger partial charge in [0.15, 0.2) is 17.3 Å². The predicted molar refractivity (Wildman–Crippen MR) is 98.8 cm³/mol. The molecule has 0 atom stereocenters. The van der Waals surface area contributed by atoms with E-state index in [0.29, 0.717) is 27.6 Å². The Balaban J connectivity index is 2.21. The van der Waals surface area contributed by atoms with Crippen molar-refractivity contribution in [1.29, 1.82) is 0 Å². The number of non-ortho nitro benzene ring substituents is 1. The highest BCUT2D eigenvalue weighted by Gasteiger charge is 2.11. The largest absolute Gasteiger partial charge is 0.493 e. The molecule has 6 nitrogen and oxygen atoms in total. The van der Waals surface area contributed by atoms with Crippen LogP contribution in [0.5, 0.6) is 11.5 Å². The van der Waals surface area contributed by atoms with E-state index in [2.05, 4.69) is 5.92 Å². The second-order valence-electron chi connectivity index (χ2n) is 5.03. The van der Waals surface area contributed by atoms with E-state index in [1.54, 1.807) is 18.2 Å². The predicted octanol–water partition coefficient (Wildman–Crippen LogP) is 4.16. The molecule has 132 valence electrons. The minimum atomic E-state index is -0.526. The highest BCUT2D eigenvalue weighted by atomic mass is 35.5. The maximum atomic E-state index is 12.2. The number of hydrogen-bond donors (Lipinski definition) is 0. The van der Waals surface area contributed by atoms with Crippen LogP contribution < -0.4 is 9.47 Å². The molecule has 0 saturated carbocycles. The summed E-state index contributed by atoms with van der Waals surface area (Å²) in [6, 6.07) is 8.61. The first-order valence-corrected chi connectivity index (χ1v) is 7.74. The van der Waals surface area contributed by atoms with Crippen molar-refractivity contribution in [3.05, 3.63) is 68.7 Å². The molecule has 2 aromatic carbocycles. The van der Waals surface area contributed by atoms with Crippen molar-refractivity contribution < 1.29 is 19.2 Å². The van der Waals surface area contributed by atoms with E-state index in [-0.39, 0.29) is 18.1 Å². The Kier molecular flexibility index (Phi) is 6.36. The van der Waals surface area contributed by atoms with E-state index in [9.17, 15) is 14.9 Å². The fourth-order valence-corrected chi connectivity index (χ4v) is 2.38. The van der Waals surface area contributed by atoms with Gasteiger partial charge in [-0.3, -0.25) is 14.9 Å². The third kappa shape index (κ3) is 4.62. The summed E-state index contributed by atoms with van der Waals surface area (Å²) >= 11 is 6.17. The highest BCUT2D eigenvalue weighted by Crippen LogP contribution is 2.36. The number of methoxy groups -OCH3 is 1. The lowest BCUT2D eigenvalue weighted by Crippen LogP contribution is -1.98. The summed E-state index contributed by atoms with van der Waals surface area (Å²) in [5.74, 6) is 2.75. The van der Waals surface area contributed by atoms with Crippen molar-refractivity contribution in [1.82, 2.24) is 0 Å². The zero-order chi connectivity index (χ0) is 19.1. The van der Waals surface area contributed by atoms with Crippen LogP contribution in [0.25, 0.3) is 6.08 Å². The number of nitro benzene ring substituents is 1. The van der Waals surface area contributed by atoms with Gasteiger partial charge in [-0.25, -0.2) is 0 Å². The van der Waals surface area contributed by atoms with Gasteiger partial charge in [0.1, 0.15) is 6.61 Å². The number of carbonyl (C=O) groups is 1. The highest BCUT2D eigenvalue weighted by molar-refractivity contribution is 6.32. The number of rotatable bonds is 7. The van der Waals surface area contributed by atoms with Gasteiger partial charge in [0.05, 0.1) is 17.1 Å². The molecule has 2 rings (SSSR count). The molecule has 0 aromatic heterocycles. The summed E-state index contributed by atoms with van der Waals surface area (Å²) in [6.45, 7) is 0.0455. The van der Waals surface area contributed by atoms with Crippen LogP contribution in [-0.2, 0) is 0 Å². The fraction of sp³-hybridized carbons (Fsp3) is 0.105. The van der Waals surface area contributed by atoms with Gasteiger partial charge in [-0.1, -0.05) is 23.6 Å². The standard InChI is InChI=1S/C19H14ClNO5/c1-3-10-26-19-16(20)11-13(12-18(19)25-2)4-9-17(22)14-5-7-15(8-6-14)21(23)24/h1,4-9,11-12H,10H2,2H3/b9-4+. The lowest BCUT2D eigenvalue weighted by Gasteiger charge is -2.11. The maximum absolute atomic E-state index is 12.2. The fourth-order valence-electron chi connectivity index (χ4n) is 2.11. The number of benzene rings is 2. The van der Waals surface area contributed by atoms with E-state index < -0.39 is 4.92 Å². The van der Waals surface area contributed by atoms with Crippen molar-refractivity contribution in [3.8, 4) is 23.8 Å². The molecule has 0 heterocycles. The lowest BCUT2D eigenvalue weighted by atomic mass is 10.1. The first-order chi connectivity index (χ1) is 12.5. The normalized spacial score (nSPS) is 10.3. The van der Waals surface area contributed by atoms with Crippen LogP contribution >= 0.6 is 11.6 Å². The Morgan fingerprint density at radius 3 is 2.62 bits per heavy atom. The molecular formula is C19H14ClNO5.